The normalized spacial score (nSPS) is 12.8. The van der Waals surface area contributed by atoms with Crippen LogP contribution in [0.5, 0.6) is 11.5 Å². The topological polar surface area (TPSA) is 137 Å². The molecule has 12 nitrogen and oxygen atoms in total. The van der Waals surface area contributed by atoms with Crippen molar-refractivity contribution < 1.29 is 28.1 Å². The Morgan fingerprint density at radius 3 is 1.94 bits per heavy atom. The Balaban J connectivity index is 1.86. The summed E-state index contributed by atoms with van der Waals surface area (Å²) in [4.78, 5) is 29.0. The lowest BCUT2D eigenvalue weighted by molar-refractivity contribution is -0.114. The first-order valence-electron chi connectivity index (χ1n) is 17.1. The standard InChI is InChI=1S/C39H48N5O7P/c1-28(2)44(29(3)4)52(50-25-11-23-40)51-36(26-43-24-22-37(41-30(5)45)42-38(43)46)27-49-39(31-12-9-8-10-13-31,32-14-18-34(47-6)19-15-32)33-16-20-35(48-7)21-17-33/h8-10,12-22,24,28-29,36H,11,25-27H2,1-7H3,(H,41,42,45,46)/t36-,52?/m0/s1. The zero-order chi connectivity index (χ0) is 37.7. The van der Waals surface area contributed by atoms with Crippen LogP contribution in [0.3, 0.4) is 0 Å². The fraction of sp³-hybridized carbons (Fsp3) is 0.385. The van der Waals surface area contributed by atoms with Gasteiger partial charge in [0.05, 0.1) is 46.5 Å². The van der Waals surface area contributed by atoms with Gasteiger partial charge in [0, 0.05) is 25.2 Å². The Hall–Kier alpha value is -4.63. The summed E-state index contributed by atoms with van der Waals surface area (Å²) in [5.74, 6) is 1.20. The van der Waals surface area contributed by atoms with E-state index in [-0.39, 0.29) is 50.0 Å². The third kappa shape index (κ3) is 10.2. The van der Waals surface area contributed by atoms with Crippen molar-refractivity contribution in [3.05, 3.63) is 118 Å². The van der Waals surface area contributed by atoms with E-state index in [0.29, 0.717) is 11.5 Å². The average Bonchev–Trinajstić information content (AvgIpc) is 3.13. The van der Waals surface area contributed by atoms with E-state index >= 15 is 0 Å². The molecule has 1 unspecified atom stereocenters. The van der Waals surface area contributed by atoms with E-state index in [1.165, 1.54) is 11.5 Å². The Bertz CT molecular complexity index is 1760. The minimum absolute atomic E-state index is 0.00266. The lowest BCUT2D eigenvalue weighted by atomic mass is 9.80. The van der Waals surface area contributed by atoms with Crippen LogP contribution in [-0.2, 0) is 30.7 Å². The smallest absolute Gasteiger partial charge is 0.349 e. The van der Waals surface area contributed by atoms with E-state index in [2.05, 4.69) is 48.7 Å². The highest BCUT2D eigenvalue weighted by atomic mass is 31.2. The van der Waals surface area contributed by atoms with Crippen LogP contribution in [0.15, 0.2) is 95.9 Å². The number of aromatic nitrogens is 2. The molecule has 1 heterocycles. The van der Waals surface area contributed by atoms with Gasteiger partial charge < -0.3 is 28.6 Å². The highest BCUT2D eigenvalue weighted by Crippen LogP contribution is 2.48. The van der Waals surface area contributed by atoms with E-state index in [1.807, 2.05) is 78.9 Å². The number of hydrogen-bond donors (Lipinski definition) is 1. The minimum Gasteiger partial charge on any atom is -0.497 e. The Morgan fingerprint density at radius 2 is 1.46 bits per heavy atom. The number of benzene rings is 3. The quantitative estimate of drug-likeness (QED) is 0.0617. The SMILES string of the molecule is COc1ccc(C(OC[C@H](Cn2ccc(NC(C)=O)nc2=O)OP(OCCC#N)N(C(C)C)C(C)C)(c2ccccc2)c2ccc(OC)cc2)cc1. The molecule has 1 amide bonds. The summed E-state index contributed by atoms with van der Waals surface area (Å²) in [6, 6.07) is 29.1. The molecule has 0 fully saturated rings. The number of anilines is 1. The van der Waals surface area contributed by atoms with Crippen molar-refractivity contribution in [1.82, 2.24) is 14.2 Å². The fourth-order valence-electron chi connectivity index (χ4n) is 5.87. The number of nitrogens with one attached hydrogen (secondary N) is 1. The van der Waals surface area contributed by atoms with Gasteiger partial charge in [0.15, 0.2) is 0 Å². The second-order valence-corrected chi connectivity index (χ2v) is 13.9. The molecule has 0 bridgehead atoms. The van der Waals surface area contributed by atoms with Crippen molar-refractivity contribution in [2.75, 3.05) is 32.8 Å². The molecule has 4 aromatic rings. The molecule has 0 aliphatic carbocycles. The first kappa shape index (κ1) is 40.1. The van der Waals surface area contributed by atoms with Gasteiger partial charge in [0.25, 0.3) is 8.53 Å². The number of nitrogens with zero attached hydrogens (tertiary/aromatic N) is 4. The molecule has 0 saturated carbocycles. The van der Waals surface area contributed by atoms with Crippen LogP contribution >= 0.6 is 8.53 Å². The molecule has 0 aliphatic rings. The van der Waals surface area contributed by atoms with Crippen molar-refractivity contribution in [1.29, 1.82) is 5.26 Å². The lowest BCUT2D eigenvalue weighted by Crippen LogP contribution is -2.40. The zero-order valence-electron chi connectivity index (χ0n) is 30.8. The Morgan fingerprint density at radius 1 is 0.904 bits per heavy atom. The molecule has 4 rings (SSSR count). The molecule has 13 heteroatoms. The summed E-state index contributed by atoms with van der Waals surface area (Å²) in [5.41, 5.74) is 0.806. The monoisotopic (exact) mass is 729 g/mol. The maximum atomic E-state index is 13.3. The highest BCUT2D eigenvalue weighted by Gasteiger charge is 2.40. The molecule has 3 aromatic carbocycles. The first-order chi connectivity index (χ1) is 25.0. The molecule has 0 radical (unpaired) electrons. The molecule has 52 heavy (non-hydrogen) atoms. The molecule has 0 saturated heterocycles. The third-order valence-electron chi connectivity index (χ3n) is 8.14. The van der Waals surface area contributed by atoms with Crippen LogP contribution in [0.2, 0.25) is 0 Å². The largest absolute Gasteiger partial charge is 0.497 e. The summed E-state index contributed by atoms with van der Waals surface area (Å²) in [7, 11) is 1.52. The predicted octanol–water partition coefficient (Wildman–Crippen LogP) is 6.89. The van der Waals surface area contributed by atoms with Crippen LogP contribution in [-0.4, -0.2) is 65.7 Å². The van der Waals surface area contributed by atoms with E-state index in [9.17, 15) is 14.9 Å². The highest BCUT2D eigenvalue weighted by molar-refractivity contribution is 7.44. The van der Waals surface area contributed by atoms with Gasteiger partial charge >= 0.3 is 5.69 Å². The van der Waals surface area contributed by atoms with Gasteiger partial charge in [-0.15, -0.1) is 0 Å². The summed E-state index contributed by atoms with van der Waals surface area (Å²) < 4.78 is 34.9. The molecular weight excluding hydrogens is 681 g/mol. The number of hydrogen-bond acceptors (Lipinski definition) is 10. The molecule has 0 spiro atoms. The van der Waals surface area contributed by atoms with Crippen molar-refractivity contribution in [3.63, 3.8) is 0 Å². The number of carbonyl (C=O) groups excluding carboxylic acids is 1. The number of nitriles is 1. The van der Waals surface area contributed by atoms with Crippen LogP contribution < -0.4 is 20.5 Å². The lowest BCUT2D eigenvalue weighted by Gasteiger charge is -2.39. The molecule has 276 valence electrons. The summed E-state index contributed by atoms with van der Waals surface area (Å²) in [6.07, 6.45) is 1.00. The molecule has 0 aliphatic heterocycles. The minimum atomic E-state index is -1.72. The van der Waals surface area contributed by atoms with Crippen LogP contribution in [0.25, 0.3) is 0 Å². The van der Waals surface area contributed by atoms with Gasteiger partial charge in [0.1, 0.15) is 29.0 Å². The van der Waals surface area contributed by atoms with E-state index in [0.717, 1.165) is 16.7 Å². The fourth-order valence-corrected chi connectivity index (χ4v) is 7.56. The van der Waals surface area contributed by atoms with E-state index in [4.69, 9.17) is 23.3 Å². The summed E-state index contributed by atoms with van der Waals surface area (Å²) in [5, 5.41) is 11.9. The van der Waals surface area contributed by atoms with Crippen molar-refractivity contribution >= 4 is 20.3 Å². The summed E-state index contributed by atoms with van der Waals surface area (Å²) >= 11 is 0. The Kier molecular flexibility index (Phi) is 14.9. The second-order valence-electron chi connectivity index (χ2n) is 12.5. The first-order valence-corrected chi connectivity index (χ1v) is 18.2. The number of methoxy groups -OCH3 is 2. The molecule has 1 aromatic heterocycles. The maximum Gasteiger partial charge on any atom is 0.349 e. The molecular formula is C39H48N5O7P. The van der Waals surface area contributed by atoms with Crippen LogP contribution in [0.4, 0.5) is 5.82 Å². The average molecular weight is 730 g/mol. The van der Waals surface area contributed by atoms with Gasteiger partial charge in [-0.3, -0.25) is 9.36 Å². The van der Waals surface area contributed by atoms with Crippen molar-refractivity contribution in [2.24, 2.45) is 0 Å². The number of carbonyl (C=O) groups is 1. The van der Waals surface area contributed by atoms with Gasteiger partial charge in [-0.2, -0.15) is 10.2 Å². The van der Waals surface area contributed by atoms with Gasteiger partial charge in [-0.05, 0) is 74.7 Å². The van der Waals surface area contributed by atoms with Crippen molar-refractivity contribution in [2.45, 2.75) is 71.4 Å². The molecule has 2 atom stereocenters. The van der Waals surface area contributed by atoms with Gasteiger partial charge in [-0.1, -0.05) is 54.6 Å². The number of amides is 1. The van der Waals surface area contributed by atoms with Gasteiger partial charge in [0.2, 0.25) is 5.91 Å². The number of rotatable bonds is 19. The molecule has 1 N–H and O–H groups in total. The zero-order valence-corrected chi connectivity index (χ0v) is 31.7. The van der Waals surface area contributed by atoms with Crippen LogP contribution in [0.1, 0.15) is 57.7 Å². The Labute approximate surface area is 307 Å². The van der Waals surface area contributed by atoms with E-state index in [1.54, 1.807) is 26.5 Å². The van der Waals surface area contributed by atoms with Gasteiger partial charge in [-0.25, -0.2) is 9.46 Å². The van der Waals surface area contributed by atoms with Crippen molar-refractivity contribution in [3.8, 4) is 17.6 Å². The third-order valence-corrected chi connectivity index (χ3v) is 10.3. The number of ether oxygens (including phenoxy) is 3. The van der Waals surface area contributed by atoms with Crippen LogP contribution in [0, 0.1) is 11.3 Å². The summed E-state index contributed by atoms with van der Waals surface area (Å²) in [6.45, 7) is 9.79. The maximum absolute atomic E-state index is 13.3. The predicted molar refractivity (Wildman–Crippen MR) is 201 cm³/mol. The van der Waals surface area contributed by atoms with E-state index < -0.39 is 25.9 Å². The second kappa shape index (κ2) is 19.3.